The Morgan fingerprint density at radius 2 is 1.95 bits per heavy atom. The summed E-state index contributed by atoms with van der Waals surface area (Å²) in [5.41, 5.74) is 2.91. The largest absolute Gasteiger partial charge is 0.343 e. The highest BCUT2D eigenvalue weighted by Crippen LogP contribution is 2.10. The number of rotatable bonds is 3. The topological polar surface area (TPSA) is 50.7 Å². The van der Waals surface area contributed by atoms with Crippen molar-refractivity contribution in [3.05, 3.63) is 63.8 Å². The molecule has 0 fully saturated rings. The number of aromatic amines is 1. The summed E-state index contributed by atoms with van der Waals surface area (Å²) in [4.78, 5) is 20.1. The van der Waals surface area contributed by atoms with Crippen molar-refractivity contribution < 1.29 is 0 Å². The second kappa shape index (κ2) is 4.96. The van der Waals surface area contributed by atoms with Crippen LogP contribution < -0.4 is 5.56 Å². The van der Waals surface area contributed by atoms with Gasteiger partial charge in [0.1, 0.15) is 11.5 Å². The highest BCUT2D eigenvalue weighted by Gasteiger charge is 2.09. The van der Waals surface area contributed by atoms with E-state index in [1.165, 1.54) is 5.56 Å². The predicted octanol–water partition coefficient (Wildman–Crippen LogP) is 2.58. The third kappa shape index (κ3) is 2.25. The molecule has 0 bridgehead atoms. The summed E-state index contributed by atoms with van der Waals surface area (Å²) in [5, 5.41) is 0.668. The maximum Gasteiger partial charge on any atom is 0.263 e. The molecular formula is C16H17N3O. The number of hydrogen-bond acceptors (Lipinski definition) is 2. The minimum Gasteiger partial charge on any atom is -0.343 e. The molecule has 1 aromatic carbocycles. The lowest BCUT2D eigenvalue weighted by Gasteiger charge is -2.09. The summed E-state index contributed by atoms with van der Waals surface area (Å²) >= 11 is 0. The van der Waals surface area contributed by atoms with Crippen LogP contribution in [0.1, 0.15) is 17.1 Å². The van der Waals surface area contributed by atoms with Gasteiger partial charge in [0, 0.05) is 12.2 Å². The van der Waals surface area contributed by atoms with Crippen LogP contribution in [0.25, 0.3) is 11.0 Å². The van der Waals surface area contributed by atoms with Gasteiger partial charge in [0.15, 0.2) is 0 Å². The first-order valence-electron chi connectivity index (χ1n) is 6.76. The first-order chi connectivity index (χ1) is 9.65. The van der Waals surface area contributed by atoms with Crippen LogP contribution in [0.3, 0.4) is 0 Å². The second-order valence-electron chi connectivity index (χ2n) is 5.07. The van der Waals surface area contributed by atoms with Crippen LogP contribution in [-0.2, 0) is 13.0 Å². The van der Waals surface area contributed by atoms with Crippen LogP contribution in [0.5, 0.6) is 0 Å². The Balaban J connectivity index is 1.97. The van der Waals surface area contributed by atoms with E-state index >= 15 is 0 Å². The third-order valence-electron chi connectivity index (χ3n) is 3.54. The first kappa shape index (κ1) is 12.7. The summed E-state index contributed by atoms with van der Waals surface area (Å²) in [5.74, 6) is 0.750. The molecule has 0 unspecified atom stereocenters. The molecule has 0 saturated carbocycles. The van der Waals surface area contributed by atoms with Crippen molar-refractivity contribution in [1.29, 1.82) is 0 Å². The fourth-order valence-electron chi connectivity index (χ4n) is 2.49. The molecule has 0 spiro atoms. The van der Waals surface area contributed by atoms with E-state index in [1.807, 2.05) is 38.1 Å². The fraction of sp³-hybridized carbons (Fsp3) is 0.250. The lowest BCUT2D eigenvalue weighted by molar-refractivity contribution is 0.638. The molecule has 0 aliphatic carbocycles. The monoisotopic (exact) mass is 267 g/mol. The van der Waals surface area contributed by atoms with Crippen LogP contribution in [0.2, 0.25) is 0 Å². The van der Waals surface area contributed by atoms with E-state index in [0.717, 1.165) is 17.9 Å². The molecule has 2 aromatic heterocycles. The zero-order chi connectivity index (χ0) is 14.1. The molecule has 3 aromatic rings. The Morgan fingerprint density at radius 3 is 2.70 bits per heavy atom. The number of H-pyrrole nitrogens is 1. The van der Waals surface area contributed by atoms with Gasteiger partial charge in [-0.2, -0.15) is 0 Å². The van der Waals surface area contributed by atoms with E-state index in [2.05, 4.69) is 22.1 Å². The summed E-state index contributed by atoms with van der Waals surface area (Å²) < 4.78 is 1.75. The highest BCUT2D eigenvalue weighted by atomic mass is 16.1. The van der Waals surface area contributed by atoms with Crippen molar-refractivity contribution in [2.75, 3.05) is 0 Å². The van der Waals surface area contributed by atoms with Crippen LogP contribution in [0.15, 0.2) is 41.2 Å². The summed E-state index contributed by atoms with van der Waals surface area (Å²) in [7, 11) is 0. The average molecular weight is 267 g/mol. The summed E-state index contributed by atoms with van der Waals surface area (Å²) in [6, 6.07) is 12.0. The van der Waals surface area contributed by atoms with E-state index in [0.29, 0.717) is 17.6 Å². The Morgan fingerprint density at radius 1 is 1.20 bits per heavy atom. The number of aromatic nitrogens is 3. The maximum absolute atomic E-state index is 12.5. The van der Waals surface area contributed by atoms with Gasteiger partial charge < -0.3 is 4.98 Å². The number of nitrogens with one attached hydrogen (secondary N) is 1. The van der Waals surface area contributed by atoms with Crippen LogP contribution >= 0.6 is 0 Å². The van der Waals surface area contributed by atoms with Gasteiger partial charge in [-0.25, -0.2) is 4.98 Å². The molecule has 1 N–H and O–H groups in total. The zero-order valence-corrected chi connectivity index (χ0v) is 11.7. The smallest absolute Gasteiger partial charge is 0.263 e. The van der Waals surface area contributed by atoms with E-state index < -0.39 is 0 Å². The van der Waals surface area contributed by atoms with Crippen molar-refractivity contribution in [3.63, 3.8) is 0 Å². The van der Waals surface area contributed by atoms with Crippen molar-refractivity contribution in [2.24, 2.45) is 0 Å². The lowest BCUT2D eigenvalue weighted by Crippen LogP contribution is -2.24. The van der Waals surface area contributed by atoms with Crippen LogP contribution in [0, 0.1) is 13.8 Å². The molecule has 0 aliphatic heterocycles. The zero-order valence-electron chi connectivity index (χ0n) is 11.7. The Labute approximate surface area is 117 Å². The number of nitrogens with zero attached hydrogens (tertiary/aromatic N) is 2. The fourth-order valence-corrected chi connectivity index (χ4v) is 2.49. The van der Waals surface area contributed by atoms with Gasteiger partial charge in [-0.3, -0.25) is 9.36 Å². The Bertz CT molecular complexity index is 800. The Kier molecular flexibility index (Phi) is 3.14. The number of benzene rings is 1. The summed E-state index contributed by atoms with van der Waals surface area (Å²) in [6.07, 6.45) is 0.832. The standard InChI is InChI=1S/C16H17N3O/c1-11-10-14-15(17-11)18-12(2)19(16(14)20)9-8-13-6-4-3-5-7-13/h3-7,10,17H,8-9H2,1-2H3. The van der Waals surface area contributed by atoms with Crippen LogP contribution in [-0.4, -0.2) is 14.5 Å². The van der Waals surface area contributed by atoms with Gasteiger partial charge in [-0.15, -0.1) is 0 Å². The molecule has 102 valence electrons. The van der Waals surface area contributed by atoms with E-state index in [-0.39, 0.29) is 5.56 Å². The van der Waals surface area contributed by atoms with E-state index in [1.54, 1.807) is 4.57 Å². The lowest BCUT2D eigenvalue weighted by atomic mass is 10.1. The van der Waals surface area contributed by atoms with Crippen LogP contribution in [0.4, 0.5) is 0 Å². The number of hydrogen-bond donors (Lipinski definition) is 1. The van der Waals surface area contributed by atoms with Gasteiger partial charge in [0.25, 0.3) is 5.56 Å². The maximum atomic E-state index is 12.5. The van der Waals surface area contributed by atoms with Gasteiger partial charge >= 0.3 is 0 Å². The first-order valence-corrected chi connectivity index (χ1v) is 6.76. The summed E-state index contributed by atoms with van der Waals surface area (Å²) in [6.45, 7) is 4.47. The van der Waals surface area contributed by atoms with Crippen molar-refractivity contribution in [2.45, 2.75) is 26.8 Å². The predicted molar refractivity (Wildman–Crippen MR) is 80.0 cm³/mol. The Hall–Kier alpha value is -2.36. The van der Waals surface area contributed by atoms with Gasteiger partial charge in [-0.05, 0) is 31.9 Å². The second-order valence-corrected chi connectivity index (χ2v) is 5.07. The normalized spacial score (nSPS) is 11.1. The molecule has 0 saturated heterocycles. The SMILES string of the molecule is Cc1cc2c(=O)n(CCc3ccccc3)c(C)nc2[nH]1. The van der Waals surface area contributed by atoms with E-state index in [9.17, 15) is 4.79 Å². The molecule has 4 nitrogen and oxygen atoms in total. The minimum absolute atomic E-state index is 0.0350. The molecule has 4 heteroatoms. The van der Waals surface area contributed by atoms with Gasteiger partial charge in [-0.1, -0.05) is 30.3 Å². The third-order valence-corrected chi connectivity index (χ3v) is 3.54. The average Bonchev–Trinajstić information content (AvgIpc) is 2.80. The molecule has 0 atom stereocenters. The highest BCUT2D eigenvalue weighted by molar-refractivity contribution is 5.75. The minimum atomic E-state index is 0.0350. The van der Waals surface area contributed by atoms with E-state index in [4.69, 9.17) is 0 Å². The molecule has 0 aliphatic rings. The quantitative estimate of drug-likeness (QED) is 0.793. The molecule has 3 rings (SSSR count). The number of fused-ring (bicyclic) bond motifs is 1. The number of aryl methyl sites for hydroxylation is 3. The molecular weight excluding hydrogens is 250 g/mol. The molecule has 2 heterocycles. The molecule has 0 radical (unpaired) electrons. The van der Waals surface area contributed by atoms with Crippen molar-refractivity contribution >= 4 is 11.0 Å². The van der Waals surface area contributed by atoms with Crippen molar-refractivity contribution in [3.8, 4) is 0 Å². The van der Waals surface area contributed by atoms with Gasteiger partial charge in [0.2, 0.25) is 0 Å². The molecule has 20 heavy (non-hydrogen) atoms. The van der Waals surface area contributed by atoms with Crippen molar-refractivity contribution in [1.82, 2.24) is 14.5 Å². The van der Waals surface area contributed by atoms with Gasteiger partial charge in [0.05, 0.1) is 5.39 Å². The molecule has 0 amide bonds.